The number of para-hydroxylation sites is 1. The molecule has 0 saturated heterocycles. The van der Waals surface area contributed by atoms with E-state index in [2.05, 4.69) is 5.32 Å². The number of thioether (sulfide) groups is 1. The third-order valence-corrected chi connectivity index (χ3v) is 4.22. The monoisotopic (exact) mass is 362 g/mol. The lowest BCUT2D eigenvalue weighted by Gasteiger charge is -2.12. The van der Waals surface area contributed by atoms with Gasteiger partial charge in [-0.3, -0.25) is 9.59 Å². The Morgan fingerprint density at radius 1 is 1.04 bits per heavy atom. The largest absolute Gasteiger partial charge is 0.339 e. The summed E-state index contributed by atoms with van der Waals surface area (Å²) in [6, 6.07) is 10.3. The first-order valence-electron chi connectivity index (χ1n) is 7.29. The smallest absolute Gasteiger partial charge is 0.286 e. The highest BCUT2D eigenvalue weighted by Crippen LogP contribution is 2.28. The molecule has 2 aromatic rings. The Morgan fingerprint density at radius 2 is 1.68 bits per heavy atom. The lowest BCUT2D eigenvalue weighted by Crippen LogP contribution is -2.16. The highest BCUT2D eigenvalue weighted by molar-refractivity contribution is 8.13. The van der Waals surface area contributed by atoms with E-state index in [1.165, 1.54) is 11.0 Å². The molecular formula is C18H16F2N2O2S. The number of carbonyl (C=O) groups excluding carboxylic acids is 2. The second kappa shape index (κ2) is 8.43. The van der Waals surface area contributed by atoms with Crippen molar-refractivity contribution in [1.82, 2.24) is 4.90 Å². The lowest BCUT2D eigenvalue weighted by atomic mass is 10.2. The number of benzene rings is 2. The first-order valence-corrected chi connectivity index (χ1v) is 8.11. The van der Waals surface area contributed by atoms with Gasteiger partial charge in [0.2, 0.25) is 5.91 Å². The summed E-state index contributed by atoms with van der Waals surface area (Å²) in [5.41, 5.74) is 0.148. The zero-order valence-corrected chi connectivity index (χ0v) is 14.4. The third-order valence-electron chi connectivity index (χ3n) is 3.11. The van der Waals surface area contributed by atoms with Crippen molar-refractivity contribution in [3.05, 3.63) is 65.7 Å². The quantitative estimate of drug-likeness (QED) is 0.648. The van der Waals surface area contributed by atoms with E-state index < -0.39 is 17.5 Å². The number of anilines is 1. The number of amides is 2. The van der Waals surface area contributed by atoms with E-state index in [9.17, 15) is 18.4 Å². The van der Waals surface area contributed by atoms with Crippen molar-refractivity contribution < 1.29 is 18.4 Å². The molecule has 2 rings (SSSR count). The molecular weight excluding hydrogens is 346 g/mol. The molecule has 4 nitrogen and oxygen atoms in total. The Labute approximate surface area is 148 Å². The molecule has 130 valence electrons. The van der Waals surface area contributed by atoms with Crippen LogP contribution in [0.2, 0.25) is 0 Å². The zero-order valence-electron chi connectivity index (χ0n) is 13.6. The van der Waals surface area contributed by atoms with Crippen LogP contribution in [-0.2, 0) is 4.79 Å². The minimum Gasteiger partial charge on any atom is -0.339 e. The number of halogens is 2. The molecule has 0 saturated carbocycles. The standard InChI is InChI=1S/C18H16F2N2O2S/c1-22(2)18(24)25-16-9-4-3-8-15(16)21-17(23)11-10-12-13(19)6-5-7-14(12)20/h3-11H,1-2H3,(H,21,23)/b11-10+. The fourth-order valence-corrected chi connectivity index (χ4v) is 2.59. The van der Waals surface area contributed by atoms with Gasteiger partial charge in [0.1, 0.15) is 11.6 Å². The number of nitrogens with zero attached hydrogens (tertiary/aromatic N) is 1. The van der Waals surface area contributed by atoms with Gasteiger partial charge in [0.05, 0.1) is 5.69 Å². The van der Waals surface area contributed by atoms with Crippen LogP contribution >= 0.6 is 11.8 Å². The Bertz CT molecular complexity index is 802. The van der Waals surface area contributed by atoms with Crippen LogP contribution in [-0.4, -0.2) is 30.1 Å². The van der Waals surface area contributed by atoms with Crippen LogP contribution in [0.5, 0.6) is 0 Å². The maximum atomic E-state index is 13.5. The van der Waals surface area contributed by atoms with Gasteiger partial charge in [-0.25, -0.2) is 8.78 Å². The normalized spacial score (nSPS) is 10.7. The Hall–Kier alpha value is -2.67. The van der Waals surface area contributed by atoms with Crippen molar-refractivity contribution in [3.8, 4) is 0 Å². The molecule has 1 N–H and O–H groups in total. The number of carbonyl (C=O) groups is 2. The molecule has 0 aromatic heterocycles. The minimum atomic E-state index is -0.753. The summed E-state index contributed by atoms with van der Waals surface area (Å²) in [6.07, 6.45) is 2.11. The predicted molar refractivity (Wildman–Crippen MR) is 95.4 cm³/mol. The summed E-state index contributed by atoms with van der Waals surface area (Å²) >= 11 is 0.968. The van der Waals surface area contributed by atoms with Gasteiger partial charge in [-0.2, -0.15) is 0 Å². The van der Waals surface area contributed by atoms with E-state index in [-0.39, 0.29) is 10.8 Å². The second-order valence-electron chi connectivity index (χ2n) is 5.22. The summed E-state index contributed by atoms with van der Waals surface area (Å²) in [5, 5.41) is 2.41. The van der Waals surface area contributed by atoms with Crippen LogP contribution in [0.15, 0.2) is 53.4 Å². The molecule has 25 heavy (non-hydrogen) atoms. The van der Waals surface area contributed by atoms with E-state index in [0.717, 1.165) is 36.0 Å². The van der Waals surface area contributed by atoms with Gasteiger partial charge in [0, 0.05) is 30.6 Å². The molecule has 2 amide bonds. The Balaban J connectivity index is 2.13. The van der Waals surface area contributed by atoms with E-state index in [4.69, 9.17) is 0 Å². The molecule has 2 aromatic carbocycles. The minimum absolute atomic E-state index is 0.189. The van der Waals surface area contributed by atoms with Crippen molar-refractivity contribution in [2.45, 2.75) is 4.90 Å². The summed E-state index contributed by atoms with van der Waals surface area (Å²) in [6.45, 7) is 0. The first-order chi connectivity index (χ1) is 11.9. The molecule has 0 heterocycles. The van der Waals surface area contributed by atoms with Gasteiger partial charge in [-0.15, -0.1) is 0 Å². The summed E-state index contributed by atoms with van der Waals surface area (Å²) in [7, 11) is 3.25. The molecule has 0 aliphatic heterocycles. The maximum Gasteiger partial charge on any atom is 0.286 e. The van der Waals surface area contributed by atoms with Crippen LogP contribution in [0.4, 0.5) is 19.3 Å². The van der Waals surface area contributed by atoms with Crippen molar-refractivity contribution in [2.75, 3.05) is 19.4 Å². The van der Waals surface area contributed by atoms with Crippen LogP contribution in [0.25, 0.3) is 6.08 Å². The highest BCUT2D eigenvalue weighted by Gasteiger charge is 2.12. The maximum absolute atomic E-state index is 13.5. The van der Waals surface area contributed by atoms with Crippen molar-refractivity contribution in [3.63, 3.8) is 0 Å². The fourth-order valence-electron chi connectivity index (χ4n) is 1.85. The fraction of sp³-hybridized carbons (Fsp3) is 0.111. The van der Waals surface area contributed by atoms with Gasteiger partial charge in [0.25, 0.3) is 5.24 Å². The SMILES string of the molecule is CN(C)C(=O)Sc1ccccc1NC(=O)/C=C/c1c(F)cccc1F. The van der Waals surface area contributed by atoms with Gasteiger partial charge < -0.3 is 10.2 Å². The van der Waals surface area contributed by atoms with Gasteiger partial charge in [-0.1, -0.05) is 18.2 Å². The molecule has 0 bridgehead atoms. The molecule has 0 unspecified atom stereocenters. The molecule has 0 atom stereocenters. The van der Waals surface area contributed by atoms with Crippen molar-refractivity contribution >= 4 is 34.7 Å². The average molecular weight is 362 g/mol. The number of nitrogens with one attached hydrogen (secondary N) is 1. The molecule has 7 heteroatoms. The summed E-state index contributed by atoms with van der Waals surface area (Å²) in [4.78, 5) is 25.8. The Morgan fingerprint density at radius 3 is 2.32 bits per heavy atom. The first kappa shape index (κ1) is 18.7. The van der Waals surface area contributed by atoms with E-state index in [0.29, 0.717) is 10.6 Å². The average Bonchev–Trinajstić information content (AvgIpc) is 2.56. The third kappa shape index (κ3) is 5.15. The van der Waals surface area contributed by atoms with Crippen molar-refractivity contribution in [2.24, 2.45) is 0 Å². The van der Waals surface area contributed by atoms with Gasteiger partial charge in [-0.05, 0) is 42.1 Å². The van der Waals surface area contributed by atoms with E-state index in [1.807, 2.05) is 0 Å². The molecule has 0 radical (unpaired) electrons. The molecule has 0 fully saturated rings. The molecule has 0 aliphatic rings. The molecule has 0 spiro atoms. The topological polar surface area (TPSA) is 49.4 Å². The van der Waals surface area contributed by atoms with Crippen LogP contribution < -0.4 is 5.32 Å². The van der Waals surface area contributed by atoms with Gasteiger partial charge >= 0.3 is 0 Å². The second-order valence-corrected chi connectivity index (χ2v) is 6.21. The summed E-state index contributed by atoms with van der Waals surface area (Å²) < 4.78 is 27.1. The number of hydrogen-bond acceptors (Lipinski definition) is 3. The number of hydrogen-bond donors (Lipinski definition) is 1. The lowest BCUT2D eigenvalue weighted by molar-refractivity contribution is -0.111. The van der Waals surface area contributed by atoms with Crippen LogP contribution in [0.1, 0.15) is 5.56 Å². The summed E-state index contributed by atoms with van der Waals surface area (Å²) in [5.74, 6) is -2.07. The zero-order chi connectivity index (χ0) is 18.4. The van der Waals surface area contributed by atoms with Crippen LogP contribution in [0.3, 0.4) is 0 Å². The molecule has 0 aliphatic carbocycles. The van der Waals surface area contributed by atoms with Crippen LogP contribution in [0, 0.1) is 11.6 Å². The van der Waals surface area contributed by atoms with Gasteiger partial charge in [0.15, 0.2) is 0 Å². The van der Waals surface area contributed by atoms with E-state index in [1.54, 1.807) is 38.4 Å². The van der Waals surface area contributed by atoms with E-state index >= 15 is 0 Å². The Kier molecular flexibility index (Phi) is 6.30. The van der Waals surface area contributed by atoms with Crippen molar-refractivity contribution in [1.29, 1.82) is 0 Å². The highest BCUT2D eigenvalue weighted by atomic mass is 32.2. The predicted octanol–water partition coefficient (Wildman–Crippen LogP) is 4.39. The number of rotatable bonds is 4.